The first-order chi connectivity index (χ1) is 8.78. The number of hydrogen-bond acceptors (Lipinski definition) is 4. The SMILES string of the molecule is CCC1CN(CCOc2ccc(N)cc2)CCS1. The van der Waals surface area contributed by atoms with Crippen molar-refractivity contribution in [3.8, 4) is 5.75 Å². The smallest absolute Gasteiger partial charge is 0.119 e. The number of ether oxygens (including phenoxy) is 1. The van der Waals surface area contributed by atoms with Crippen molar-refractivity contribution in [2.45, 2.75) is 18.6 Å². The summed E-state index contributed by atoms with van der Waals surface area (Å²) in [5, 5.41) is 0.801. The molecule has 0 amide bonds. The Bertz CT molecular complexity index is 355. The minimum absolute atomic E-state index is 0.755. The zero-order valence-corrected chi connectivity index (χ0v) is 11.8. The van der Waals surface area contributed by atoms with Crippen LogP contribution in [0.3, 0.4) is 0 Å². The lowest BCUT2D eigenvalue weighted by Crippen LogP contribution is -2.39. The predicted octanol–water partition coefficient (Wildman–Crippen LogP) is 2.48. The molecule has 2 N–H and O–H groups in total. The van der Waals surface area contributed by atoms with Gasteiger partial charge in [-0.1, -0.05) is 6.92 Å². The van der Waals surface area contributed by atoms with E-state index in [1.165, 1.54) is 25.3 Å². The van der Waals surface area contributed by atoms with Crippen LogP contribution in [0, 0.1) is 0 Å². The molecule has 1 saturated heterocycles. The van der Waals surface area contributed by atoms with Gasteiger partial charge in [-0.2, -0.15) is 11.8 Å². The first-order valence-electron chi connectivity index (χ1n) is 6.60. The average Bonchev–Trinajstić information content (AvgIpc) is 2.41. The molecule has 3 nitrogen and oxygen atoms in total. The van der Waals surface area contributed by atoms with Crippen molar-refractivity contribution in [3.63, 3.8) is 0 Å². The van der Waals surface area contributed by atoms with Crippen LogP contribution < -0.4 is 10.5 Å². The number of anilines is 1. The second-order valence-electron chi connectivity index (χ2n) is 4.62. The second kappa shape index (κ2) is 6.90. The van der Waals surface area contributed by atoms with Crippen LogP contribution in [0.5, 0.6) is 5.75 Å². The standard InChI is InChI=1S/C14H22N2OS/c1-2-14-11-16(8-10-18-14)7-9-17-13-5-3-12(15)4-6-13/h3-6,14H,2,7-11,15H2,1H3. The van der Waals surface area contributed by atoms with Crippen LogP contribution >= 0.6 is 11.8 Å². The normalized spacial score (nSPS) is 20.8. The van der Waals surface area contributed by atoms with Gasteiger partial charge in [0.25, 0.3) is 0 Å². The number of rotatable bonds is 5. The Labute approximate surface area is 114 Å². The summed E-state index contributed by atoms with van der Waals surface area (Å²) in [5.74, 6) is 2.16. The lowest BCUT2D eigenvalue weighted by molar-refractivity contribution is 0.212. The van der Waals surface area contributed by atoms with Gasteiger partial charge < -0.3 is 10.5 Å². The van der Waals surface area contributed by atoms with Gasteiger partial charge >= 0.3 is 0 Å². The van der Waals surface area contributed by atoms with Gasteiger partial charge in [0.15, 0.2) is 0 Å². The molecule has 1 atom stereocenters. The molecule has 0 aliphatic carbocycles. The number of benzene rings is 1. The maximum absolute atomic E-state index is 5.73. The summed E-state index contributed by atoms with van der Waals surface area (Å²) >= 11 is 2.10. The summed E-state index contributed by atoms with van der Waals surface area (Å²) in [6.07, 6.45) is 1.26. The Morgan fingerprint density at radius 3 is 2.89 bits per heavy atom. The number of nitrogens with zero attached hydrogens (tertiary/aromatic N) is 1. The van der Waals surface area contributed by atoms with Crippen molar-refractivity contribution < 1.29 is 4.74 Å². The number of nitrogens with two attached hydrogens (primary N) is 1. The third-order valence-electron chi connectivity index (χ3n) is 3.23. The molecule has 0 saturated carbocycles. The van der Waals surface area contributed by atoms with Crippen molar-refractivity contribution in [1.82, 2.24) is 4.90 Å². The summed E-state index contributed by atoms with van der Waals surface area (Å²) in [6, 6.07) is 7.60. The minimum atomic E-state index is 0.755. The molecule has 1 aromatic carbocycles. The fourth-order valence-electron chi connectivity index (χ4n) is 2.09. The minimum Gasteiger partial charge on any atom is -0.492 e. The molecule has 1 fully saturated rings. The van der Waals surface area contributed by atoms with Crippen molar-refractivity contribution in [2.75, 3.05) is 37.7 Å². The predicted molar refractivity (Wildman–Crippen MR) is 79.3 cm³/mol. The Morgan fingerprint density at radius 1 is 1.39 bits per heavy atom. The molecule has 1 aliphatic rings. The van der Waals surface area contributed by atoms with Crippen LogP contribution in [-0.2, 0) is 0 Å². The first-order valence-corrected chi connectivity index (χ1v) is 7.65. The summed E-state index contributed by atoms with van der Waals surface area (Å²) in [6.45, 7) is 6.43. The van der Waals surface area contributed by atoms with Gasteiger partial charge in [0, 0.05) is 36.3 Å². The van der Waals surface area contributed by atoms with Gasteiger partial charge in [-0.15, -0.1) is 0 Å². The van der Waals surface area contributed by atoms with E-state index in [4.69, 9.17) is 10.5 Å². The highest BCUT2D eigenvalue weighted by Gasteiger charge is 2.18. The summed E-state index contributed by atoms with van der Waals surface area (Å²) in [7, 11) is 0. The monoisotopic (exact) mass is 266 g/mol. The van der Waals surface area contributed by atoms with E-state index in [1.54, 1.807) is 0 Å². The summed E-state index contributed by atoms with van der Waals surface area (Å²) < 4.78 is 5.73. The number of nitrogen functional groups attached to an aromatic ring is 1. The fourth-order valence-corrected chi connectivity index (χ4v) is 3.34. The van der Waals surface area contributed by atoms with E-state index in [9.17, 15) is 0 Å². The quantitative estimate of drug-likeness (QED) is 0.831. The third kappa shape index (κ3) is 4.10. The molecule has 4 heteroatoms. The van der Waals surface area contributed by atoms with Gasteiger partial charge in [-0.05, 0) is 30.7 Å². The van der Waals surface area contributed by atoms with Gasteiger partial charge in [0.1, 0.15) is 12.4 Å². The van der Waals surface area contributed by atoms with Crippen molar-refractivity contribution in [3.05, 3.63) is 24.3 Å². The molecule has 100 valence electrons. The molecule has 1 aliphatic heterocycles. The van der Waals surface area contributed by atoms with E-state index in [0.29, 0.717) is 0 Å². The van der Waals surface area contributed by atoms with Crippen LogP contribution in [0.2, 0.25) is 0 Å². The number of thioether (sulfide) groups is 1. The van der Waals surface area contributed by atoms with E-state index in [2.05, 4.69) is 23.6 Å². The van der Waals surface area contributed by atoms with Crippen LogP contribution in [0.4, 0.5) is 5.69 Å². The van der Waals surface area contributed by atoms with E-state index < -0.39 is 0 Å². The zero-order valence-electron chi connectivity index (χ0n) is 11.0. The van der Waals surface area contributed by atoms with Gasteiger partial charge in [0.05, 0.1) is 0 Å². The largest absolute Gasteiger partial charge is 0.492 e. The molecule has 0 radical (unpaired) electrons. The Hall–Kier alpha value is -0.870. The van der Waals surface area contributed by atoms with Crippen LogP contribution in [0.25, 0.3) is 0 Å². The molecule has 0 bridgehead atoms. The zero-order chi connectivity index (χ0) is 12.8. The second-order valence-corrected chi connectivity index (χ2v) is 6.03. The lowest BCUT2D eigenvalue weighted by Gasteiger charge is -2.31. The highest BCUT2D eigenvalue weighted by molar-refractivity contribution is 8.00. The maximum Gasteiger partial charge on any atom is 0.119 e. The highest BCUT2D eigenvalue weighted by atomic mass is 32.2. The molecule has 1 aromatic rings. The molecule has 0 aromatic heterocycles. The average molecular weight is 266 g/mol. The lowest BCUT2D eigenvalue weighted by atomic mass is 10.3. The van der Waals surface area contributed by atoms with Gasteiger partial charge in [-0.3, -0.25) is 4.90 Å². The topological polar surface area (TPSA) is 38.5 Å². The van der Waals surface area contributed by atoms with E-state index in [1.807, 2.05) is 24.3 Å². The van der Waals surface area contributed by atoms with Gasteiger partial charge in [0.2, 0.25) is 0 Å². The Morgan fingerprint density at radius 2 is 2.17 bits per heavy atom. The van der Waals surface area contributed by atoms with E-state index in [0.717, 1.165) is 29.8 Å². The van der Waals surface area contributed by atoms with E-state index >= 15 is 0 Å². The van der Waals surface area contributed by atoms with Crippen molar-refractivity contribution in [2.24, 2.45) is 0 Å². The van der Waals surface area contributed by atoms with Gasteiger partial charge in [-0.25, -0.2) is 0 Å². The molecule has 0 spiro atoms. The highest BCUT2D eigenvalue weighted by Crippen LogP contribution is 2.20. The molecular formula is C14H22N2OS. The number of hydrogen-bond donors (Lipinski definition) is 1. The first kappa shape index (κ1) is 13.6. The molecule has 18 heavy (non-hydrogen) atoms. The van der Waals surface area contributed by atoms with Crippen molar-refractivity contribution in [1.29, 1.82) is 0 Å². The summed E-state index contributed by atoms with van der Waals surface area (Å²) in [5.41, 5.74) is 6.42. The molecule has 1 heterocycles. The molecular weight excluding hydrogens is 244 g/mol. The van der Waals surface area contributed by atoms with Crippen LogP contribution in [0.15, 0.2) is 24.3 Å². The van der Waals surface area contributed by atoms with Crippen LogP contribution in [-0.4, -0.2) is 42.1 Å². The maximum atomic E-state index is 5.73. The Kier molecular flexibility index (Phi) is 5.20. The third-order valence-corrected chi connectivity index (χ3v) is 4.61. The molecule has 1 unspecified atom stereocenters. The Balaban J connectivity index is 1.70. The molecule has 2 rings (SSSR count). The van der Waals surface area contributed by atoms with E-state index in [-0.39, 0.29) is 0 Å². The van der Waals surface area contributed by atoms with Crippen LogP contribution in [0.1, 0.15) is 13.3 Å². The van der Waals surface area contributed by atoms with Crippen molar-refractivity contribution >= 4 is 17.4 Å². The fraction of sp³-hybridized carbons (Fsp3) is 0.571. The summed E-state index contributed by atoms with van der Waals surface area (Å²) in [4.78, 5) is 2.50.